The second-order valence-corrected chi connectivity index (χ2v) is 0.759. The third-order valence-corrected chi connectivity index (χ3v) is 0. The lowest BCUT2D eigenvalue weighted by Crippen LogP contribution is -1.79. The Kier molecular flexibility index (Phi) is 7.69. The first-order valence-corrected chi connectivity index (χ1v) is 1.85. The molecule has 0 bridgehead atoms. The fourth-order valence-electron chi connectivity index (χ4n) is 0. The largest absolute Gasteiger partial charge is 0.734 e. The highest BCUT2D eigenvalue weighted by Crippen LogP contribution is 1.46. The molecule has 0 saturated carbocycles. The van der Waals surface area contributed by atoms with E-state index in [1.807, 2.05) is 0 Å². The molecule has 0 amide bonds. The van der Waals surface area contributed by atoms with E-state index in [4.69, 9.17) is 9.26 Å². The molecule has 0 fully saturated rings. The van der Waals surface area contributed by atoms with E-state index in [1.54, 1.807) is 0 Å². The summed E-state index contributed by atoms with van der Waals surface area (Å²) in [6.45, 7) is 0. The molecule has 0 spiro atoms. The summed E-state index contributed by atoms with van der Waals surface area (Å²) in [5.74, 6) is 0. The van der Waals surface area contributed by atoms with Crippen LogP contribution in [0.3, 0.4) is 0 Å². The first-order chi connectivity index (χ1) is 1.73. The Morgan fingerprint density at radius 1 is 1.80 bits per heavy atom. The van der Waals surface area contributed by atoms with Crippen LogP contribution in [-0.4, -0.2) is 31.4 Å². The summed E-state index contributed by atoms with van der Waals surface area (Å²) in [4.78, 5) is 6.94. The van der Waals surface area contributed by atoms with Crippen LogP contribution in [0.4, 0.5) is 4.11 Å². The average molecular weight is 110 g/mol. The maximum absolute atomic E-state index is 10.1. The van der Waals surface area contributed by atoms with E-state index < -0.39 is 9.26 Å². The van der Waals surface area contributed by atoms with E-state index in [9.17, 15) is 4.11 Å². The summed E-state index contributed by atoms with van der Waals surface area (Å²) in [6.07, 6.45) is 0. The van der Waals surface area contributed by atoms with Crippen LogP contribution in [0.5, 0.6) is 0 Å². The minimum atomic E-state index is -3.63. The molecule has 2 nitrogen and oxygen atoms in total. The fourth-order valence-corrected chi connectivity index (χ4v) is 0. The summed E-state index contributed by atoms with van der Waals surface area (Å²) in [7, 11) is -3.63. The lowest BCUT2D eigenvalue weighted by Gasteiger charge is -1.49. The van der Waals surface area contributed by atoms with E-state index in [-0.39, 0.29) is 17.4 Å². The van der Waals surface area contributed by atoms with Gasteiger partial charge in [0.05, 0.1) is 0 Å². The van der Waals surface area contributed by atoms with Gasteiger partial charge in [0.15, 0.2) is 17.4 Å². The minimum Gasteiger partial charge on any atom is -0.517 e. The molecule has 0 aromatic heterocycles. The molecule has 5 heavy (non-hydrogen) atoms. The van der Waals surface area contributed by atoms with Crippen molar-refractivity contribution in [1.29, 1.82) is 0 Å². The van der Waals surface area contributed by atoms with Gasteiger partial charge in [-0.1, -0.05) is 0 Å². The molecule has 0 saturated heterocycles. The molecule has 0 radical (unpaired) electrons. The van der Waals surface area contributed by atoms with Gasteiger partial charge in [-0.05, 0) is 0 Å². The molecule has 0 atom stereocenters. The second kappa shape index (κ2) is 4.28. The predicted octanol–water partition coefficient (Wildman–Crippen LogP) is -1.82. The smallest absolute Gasteiger partial charge is 0.517 e. The Labute approximate surface area is 40.7 Å². The van der Waals surface area contributed by atoms with Crippen LogP contribution in [0.25, 0.3) is 0 Å². The third kappa shape index (κ3) is 285. The fraction of sp³-hybridized carbons (Fsp3) is 0. The highest BCUT2D eigenvalue weighted by Gasteiger charge is 1.87. The first kappa shape index (κ1) is 8.99. The molecule has 0 aromatic carbocycles. The van der Waals surface area contributed by atoms with Crippen LogP contribution in [0, 0.1) is 0 Å². The summed E-state index contributed by atoms with van der Waals surface area (Å²) < 4.78 is 18.6. The van der Waals surface area contributed by atoms with Gasteiger partial charge in [0.25, 0.3) is 0 Å². The summed E-state index contributed by atoms with van der Waals surface area (Å²) >= 11 is 0. The van der Waals surface area contributed by atoms with Crippen molar-refractivity contribution in [2.45, 2.75) is 0 Å². The Hall–Kier alpha value is 0.279. The van der Waals surface area contributed by atoms with Gasteiger partial charge in [0.1, 0.15) is 0 Å². The third-order valence-electron chi connectivity index (χ3n) is 0. The van der Waals surface area contributed by atoms with Gasteiger partial charge in [0, 0.05) is 0 Å². The lowest BCUT2D eigenvalue weighted by molar-refractivity contribution is 0.390. The van der Waals surface area contributed by atoms with E-state index in [0.717, 1.165) is 0 Å². The van der Waals surface area contributed by atoms with Crippen LogP contribution in [-0.2, 0) is 4.46 Å². The first-order valence-electron chi connectivity index (χ1n) is 0.617. The zero-order valence-corrected chi connectivity index (χ0v) is 2.73. The normalized spacial score (nSPS) is 5.00. The van der Waals surface area contributed by atoms with E-state index in [2.05, 4.69) is 0 Å². The van der Waals surface area contributed by atoms with Crippen LogP contribution in [0.15, 0.2) is 0 Å². The Bertz CT molecular complexity index is 32.6. The molecule has 0 heterocycles. The number of hydrogen-bond acceptors (Lipinski definition) is 1. The van der Waals surface area contributed by atoms with Gasteiger partial charge >= 0.3 is 9.26 Å². The van der Waals surface area contributed by atoms with Gasteiger partial charge in [-0.15, -0.1) is 0 Å². The zero-order valence-electron chi connectivity index (χ0n) is 1.73. The average Bonchev–Trinajstić information content (AvgIpc) is 0.811. The molecule has 5 heteroatoms. The van der Waals surface area contributed by atoms with Crippen molar-refractivity contribution in [3.05, 3.63) is 0 Å². The van der Waals surface area contributed by atoms with Crippen LogP contribution < -0.4 is 0 Å². The van der Waals surface area contributed by atoms with Crippen LogP contribution in [0.2, 0.25) is 0 Å². The lowest BCUT2D eigenvalue weighted by atomic mass is 15.9. The molecule has 0 aromatic rings. The van der Waals surface area contributed by atoms with Gasteiger partial charge in [-0.3, -0.25) is 4.46 Å². The molecule has 30 valence electrons. The molecular formula is H4AlFO2Si. The summed E-state index contributed by atoms with van der Waals surface area (Å²) in [5.41, 5.74) is 0. The molecule has 0 unspecified atom stereocenters. The van der Waals surface area contributed by atoms with Crippen molar-refractivity contribution in [1.82, 2.24) is 0 Å². The maximum atomic E-state index is 10.1. The Balaban J connectivity index is 0. The zero-order chi connectivity index (χ0) is 3.58. The molecule has 0 rings (SSSR count). The van der Waals surface area contributed by atoms with Crippen molar-refractivity contribution < 1.29 is 13.4 Å². The highest BCUT2D eigenvalue weighted by molar-refractivity contribution is 6.23. The minimum absolute atomic E-state index is 0. The molecule has 0 aliphatic rings. The molecule has 0 aliphatic carbocycles. The summed E-state index contributed by atoms with van der Waals surface area (Å²) in [6, 6.07) is 0. The van der Waals surface area contributed by atoms with Crippen LogP contribution in [0.1, 0.15) is 0 Å². The van der Waals surface area contributed by atoms with E-state index in [1.165, 1.54) is 0 Å². The summed E-state index contributed by atoms with van der Waals surface area (Å²) in [5, 5.41) is 0. The number of hydrogen-bond donors (Lipinski definition) is 1. The highest BCUT2D eigenvalue weighted by atomic mass is 28.3. The Morgan fingerprint density at radius 2 is 1.80 bits per heavy atom. The van der Waals surface area contributed by atoms with E-state index >= 15 is 0 Å². The molecule has 1 N–H and O–H groups in total. The van der Waals surface area contributed by atoms with Crippen molar-refractivity contribution in [3.8, 4) is 0 Å². The second-order valence-electron chi connectivity index (χ2n) is 0.253. The van der Waals surface area contributed by atoms with Gasteiger partial charge in [-0.25, -0.2) is 0 Å². The molecule has 0 aliphatic heterocycles. The topological polar surface area (TPSA) is 37.3 Å². The maximum Gasteiger partial charge on any atom is 0.734 e. The number of rotatable bonds is 0. The standard InChI is InChI=1S/Al.FHO2Si.3H/c;1-4(2)3;;;/h;2H;;;. The van der Waals surface area contributed by atoms with Gasteiger partial charge in [-0.2, -0.15) is 4.11 Å². The van der Waals surface area contributed by atoms with Crippen molar-refractivity contribution in [2.24, 2.45) is 0 Å². The predicted molar refractivity (Wildman–Crippen MR) is 19.7 cm³/mol. The monoisotopic (exact) mass is 110 g/mol. The SMILES string of the molecule is O=[Si](O)F.[AlH3]. The van der Waals surface area contributed by atoms with Gasteiger partial charge in [0.2, 0.25) is 0 Å². The van der Waals surface area contributed by atoms with Crippen molar-refractivity contribution in [3.63, 3.8) is 0 Å². The Morgan fingerprint density at radius 3 is 1.80 bits per heavy atom. The van der Waals surface area contributed by atoms with E-state index in [0.29, 0.717) is 0 Å². The quantitative estimate of drug-likeness (QED) is 0.294. The van der Waals surface area contributed by atoms with Crippen LogP contribution >= 0.6 is 0 Å². The van der Waals surface area contributed by atoms with Gasteiger partial charge < -0.3 is 4.80 Å². The molecular weight excluding hydrogens is 106 g/mol. The number of halogens is 1. The van der Waals surface area contributed by atoms with Crippen molar-refractivity contribution in [2.75, 3.05) is 0 Å². The van der Waals surface area contributed by atoms with Crippen molar-refractivity contribution >= 4 is 26.6 Å².